The highest BCUT2D eigenvalue weighted by atomic mass is 16.2. The number of nitrogens with two attached hydrogens (primary N) is 1. The van der Waals surface area contributed by atoms with Crippen LogP contribution in [-0.4, -0.2) is 25.0 Å². The number of rotatable bonds is 2. The van der Waals surface area contributed by atoms with Crippen LogP contribution in [0.25, 0.3) is 11.2 Å². The molecule has 0 aliphatic rings. The van der Waals surface area contributed by atoms with Gasteiger partial charge in [-0.2, -0.15) is 0 Å². The summed E-state index contributed by atoms with van der Waals surface area (Å²) in [7, 11) is 1.48. The van der Waals surface area contributed by atoms with Gasteiger partial charge < -0.3 is 4.57 Å². The first-order valence-electron chi connectivity index (χ1n) is 5.13. The molecule has 0 saturated carbocycles. The smallest absolute Gasteiger partial charge is 0.312 e. The maximum atomic E-state index is 11.8. The predicted molar refractivity (Wildman–Crippen MR) is 62.6 cm³/mol. The topological polar surface area (TPSA) is 128 Å². The molecule has 0 aromatic carbocycles. The fourth-order valence-electron chi connectivity index (χ4n) is 1.69. The van der Waals surface area contributed by atoms with Crippen molar-refractivity contribution < 1.29 is 4.79 Å². The van der Waals surface area contributed by atoms with Crippen LogP contribution in [0, 0.1) is 0 Å². The second-order valence-corrected chi connectivity index (χ2v) is 3.83. The molecule has 0 bridgehead atoms. The molecule has 0 spiro atoms. The average molecular weight is 252 g/mol. The summed E-state index contributed by atoms with van der Waals surface area (Å²) in [5, 5.41) is 0. The molecule has 9 nitrogen and oxygen atoms in total. The molecule has 2 rings (SSSR count). The van der Waals surface area contributed by atoms with Crippen molar-refractivity contribution >= 4 is 17.1 Å². The number of hydrogen-bond acceptors (Lipinski definition) is 5. The van der Waals surface area contributed by atoms with Crippen LogP contribution in [-0.2, 0) is 11.8 Å². The summed E-state index contributed by atoms with van der Waals surface area (Å²) < 4.78 is 2.55. The molecule has 2 heterocycles. The summed E-state index contributed by atoms with van der Waals surface area (Å²) in [6.45, 7) is 1.56. The number of carbonyl (C=O) groups is 1. The molecule has 4 N–H and O–H groups in total. The van der Waals surface area contributed by atoms with Gasteiger partial charge in [0.2, 0.25) is 0 Å². The Bertz CT molecular complexity index is 724. The van der Waals surface area contributed by atoms with E-state index >= 15 is 0 Å². The van der Waals surface area contributed by atoms with Crippen molar-refractivity contribution in [2.75, 3.05) is 0 Å². The second-order valence-electron chi connectivity index (χ2n) is 3.83. The van der Waals surface area contributed by atoms with Gasteiger partial charge in [-0.25, -0.2) is 15.6 Å². The molecule has 2 aromatic heterocycles. The van der Waals surface area contributed by atoms with E-state index in [4.69, 9.17) is 5.84 Å². The van der Waals surface area contributed by atoms with Gasteiger partial charge in [-0.3, -0.25) is 24.6 Å². The third-order valence-corrected chi connectivity index (χ3v) is 2.77. The number of hydrazine groups is 1. The molecule has 9 heteroatoms. The molecule has 0 aliphatic carbocycles. The van der Waals surface area contributed by atoms with Crippen molar-refractivity contribution in [1.29, 1.82) is 0 Å². The Morgan fingerprint density at radius 1 is 1.56 bits per heavy atom. The number of carbonyl (C=O) groups excluding carboxylic acids is 1. The molecule has 1 amide bonds. The lowest BCUT2D eigenvalue weighted by Gasteiger charge is -2.11. The van der Waals surface area contributed by atoms with Crippen LogP contribution < -0.4 is 22.5 Å². The first-order chi connectivity index (χ1) is 8.47. The molecule has 0 fully saturated rings. The quantitative estimate of drug-likeness (QED) is 0.323. The first-order valence-corrected chi connectivity index (χ1v) is 5.13. The van der Waals surface area contributed by atoms with E-state index in [1.807, 2.05) is 5.43 Å². The van der Waals surface area contributed by atoms with Crippen molar-refractivity contribution in [3.63, 3.8) is 0 Å². The highest BCUT2D eigenvalue weighted by Gasteiger charge is 2.19. The van der Waals surface area contributed by atoms with Gasteiger partial charge in [0.05, 0.1) is 6.33 Å². The van der Waals surface area contributed by atoms with Crippen molar-refractivity contribution in [2.24, 2.45) is 12.9 Å². The zero-order valence-corrected chi connectivity index (χ0v) is 9.80. The van der Waals surface area contributed by atoms with Crippen LogP contribution in [0.5, 0.6) is 0 Å². The lowest BCUT2D eigenvalue weighted by atomic mass is 10.3. The molecule has 0 saturated heterocycles. The van der Waals surface area contributed by atoms with Crippen molar-refractivity contribution in [1.82, 2.24) is 24.5 Å². The summed E-state index contributed by atoms with van der Waals surface area (Å²) in [5.74, 6) is 4.57. The van der Waals surface area contributed by atoms with Gasteiger partial charge in [-0.1, -0.05) is 0 Å². The summed E-state index contributed by atoms with van der Waals surface area (Å²) in [6.07, 6.45) is 1.32. The number of nitrogens with zero attached hydrogens (tertiary/aromatic N) is 3. The molecule has 0 aliphatic heterocycles. The predicted octanol–water partition coefficient (Wildman–Crippen LogP) is -2.03. The van der Waals surface area contributed by atoms with Crippen LogP contribution >= 0.6 is 0 Å². The number of nitrogens with one attached hydrogen (secondary N) is 2. The number of fused-ring (bicyclic) bond motifs is 1. The summed E-state index contributed by atoms with van der Waals surface area (Å²) in [6, 6.07) is -0.710. The van der Waals surface area contributed by atoms with Crippen LogP contribution in [0.15, 0.2) is 15.9 Å². The highest BCUT2D eigenvalue weighted by Crippen LogP contribution is 2.12. The fraction of sp³-hybridized carbons (Fsp3) is 0.333. The monoisotopic (exact) mass is 252 g/mol. The van der Waals surface area contributed by atoms with E-state index in [0.717, 1.165) is 0 Å². The number of imidazole rings is 1. The largest absolute Gasteiger partial charge is 0.329 e. The Kier molecular flexibility index (Phi) is 2.75. The molecule has 0 radical (unpaired) electrons. The Morgan fingerprint density at radius 3 is 2.83 bits per heavy atom. The van der Waals surface area contributed by atoms with Crippen LogP contribution in [0.2, 0.25) is 0 Å². The maximum absolute atomic E-state index is 11.8. The van der Waals surface area contributed by atoms with E-state index in [9.17, 15) is 14.4 Å². The number of H-pyrrole nitrogens is 1. The number of aromatic nitrogens is 4. The summed E-state index contributed by atoms with van der Waals surface area (Å²) in [4.78, 5) is 40.7. The molecular weight excluding hydrogens is 240 g/mol. The maximum Gasteiger partial charge on any atom is 0.329 e. The molecule has 2 aromatic rings. The zero-order chi connectivity index (χ0) is 13.4. The van der Waals surface area contributed by atoms with E-state index in [-0.39, 0.29) is 11.2 Å². The van der Waals surface area contributed by atoms with E-state index in [1.165, 1.54) is 22.5 Å². The molecule has 0 unspecified atom stereocenters. The van der Waals surface area contributed by atoms with E-state index in [0.29, 0.717) is 0 Å². The van der Waals surface area contributed by atoms with Gasteiger partial charge in [0.15, 0.2) is 11.2 Å². The molecular formula is C9H12N6O3. The van der Waals surface area contributed by atoms with Crippen LogP contribution in [0.3, 0.4) is 0 Å². The number of hydrogen-bond donors (Lipinski definition) is 3. The SMILES string of the molecule is C[C@H](C(=O)NN)n1cnc2c1c(=O)[nH]c(=O)n2C. The third kappa shape index (κ3) is 1.61. The zero-order valence-electron chi connectivity index (χ0n) is 9.80. The Hall–Kier alpha value is -2.42. The minimum atomic E-state index is -0.710. The Morgan fingerprint density at radius 2 is 2.22 bits per heavy atom. The van der Waals surface area contributed by atoms with Crippen molar-refractivity contribution in [3.8, 4) is 0 Å². The van der Waals surface area contributed by atoms with E-state index in [2.05, 4.69) is 9.97 Å². The van der Waals surface area contributed by atoms with E-state index in [1.54, 1.807) is 6.92 Å². The second kappa shape index (κ2) is 4.11. The standard InChI is InChI=1S/C9H12N6O3/c1-4(7(16)13-10)15-3-11-6-5(15)8(17)12-9(18)14(6)2/h3-4H,10H2,1-2H3,(H,13,16)(H,12,17,18)/t4-/m1/s1. The fourth-order valence-corrected chi connectivity index (χ4v) is 1.69. The summed E-state index contributed by atoms with van der Waals surface area (Å²) >= 11 is 0. The van der Waals surface area contributed by atoms with Gasteiger partial charge >= 0.3 is 5.69 Å². The minimum Gasteiger partial charge on any atom is -0.312 e. The van der Waals surface area contributed by atoms with Crippen LogP contribution in [0.4, 0.5) is 0 Å². The number of aryl methyl sites for hydroxylation is 1. The normalized spacial score (nSPS) is 12.6. The van der Waals surface area contributed by atoms with Gasteiger partial charge in [0.25, 0.3) is 11.5 Å². The van der Waals surface area contributed by atoms with Crippen molar-refractivity contribution in [2.45, 2.75) is 13.0 Å². The van der Waals surface area contributed by atoms with Crippen molar-refractivity contribution in [3.05, 3.63) is 27.2 Å². The van der Waals surface area contributed by atoms with Gasteiger partial charge in [0, 0.05) is 7.05 Å². The number of amides is 1. The summed E-state index contributed by atoms with van der Waals surface area (Å²) in [5.41, 5.74) is 1.19. The molecule has 1 atom stereocenters. The van der Waals surface area contributed by atoms with E-state index < -0.39 is 23.2 Å². The molecule has 18 heavy (non-hydrogen) atoms. The Balaban J connectivity index is 2.76. The van der Waals surface area contributed by atoms with Crippen LogP contribution in [0.1, 0.15) is 13.0 Å². The molecule has 96 valence electrons. The highest BCUT2D eigenvalue weighted by molar-refractivity contribution is 5.81. The number of aromatic amines is 1. The van der Waals surface area contributed by atoms with Gasteiger partial charge in [-0.05, 0) is 6.92 Å². The lowest BCUT2D eigenvalue weighted by molar-refractivity contribution is -0.123. The third-order valence-electron chi connectivity index (χ3n) is 2.77. The van der Waals surface area contributed by atoms with Gasteiger partial charge in [-0.15, -0.1) is 0 Å². The first kappa shape index (κ1) is 12.0. The average Bonchev–Trinajstić information content (AvgIpc) is 2.79. The lowest BCUT2D eigenvalue weighted by Crippen LogP contribution is -2.37. The Labute approximate surface area is 100 Å². The van der Waals surface area contributed by atoms with Gasteiger partial charge in [0.1, 0.15) is 6.04 Å². The minimum absolute atomic E-state index is 0.146.